The van der Waals surface area contributed by atoms with Crippen molar-refractivity contribution in [1.82, 2.24) is 16.0 Å². The predicted octanol–water partition coefficient (Wildman–Crippen LogP) is 7.20. The van der Waals surface area contributed by atoms with Crippen molar-refractivity contribution < 1.29 is 34.2 Å². The highest BCUT2D eigenvalue weighted by Crippen LogP contribution is 2.18. The molecule has 0 radical (unpaired) electrons. The van der Waals surface area contributed by atoms with Gasteiger partial charge in [0.1, 0.15) is 0 Å². The Kier molecular flexibility index (Phi) is 28.0. The first kappa shape index (κ1) is 46.5. The summed E-state index contributed by atoms with van der Waals surface area (Å²) >= 11 is 0. The van der Waals surface area contributed by atoms with Crippen LogP contribution in [0, 0.1) is 35.5 Å². The van der Waals surface area contributed by atoms with Crippen LogP contribution < -0.4 is 16.0 Å². The normalized spacial score (nSPS) is 13.1. The summed E-state index contributed by atoms with van der Waals surface area (Å²) in [7, 11) is 0. The summed E-state index contributed by atoms with van der Waals surface area (Å²) in [6.45, 7) is 19.4. The number of rotatable bonds is 26. The lowest BCUT2D eigenvalue weighted by atomic mass is 9.91. The van der Waals surface area contributed by atoms with E-state index in [-0.39, 0.29) is 53.9 Å². The van der Waals surface area contributed by atoms with Crippen molar-refractivity contribution >= 4 is 29.7 Å². The van der Waals surface area contributed by atoms with Gasteiger partial charge in [0.25, 0.3) is 0 Å². The molecule has 5 N–H and O–H groups in total. The molecule has 10 heteroatoms. The smallest absolute Gasteiger partial charge is 0.306 e. The number of carbonyl (C=O) groups is 5. The Morgan fingerprint density at radius 2 is 0.894 bits per heavy atom. The molecule has 10 nitrogen and oxygen atoms in total. The predicted molar refractivity (Wildman–Crippen MR) is 190 cm³/mol. The Labute approximate surface area is 286 Å². The van der Waals surface area contributed by atoms with Crippen LogP contribution in [0.5, 0.6) is 0 Å². The fourth-order valence-corrected chi connectivity index (χ4v) is 5.26. The highest BCUT2D eigenvalue weighted by molar-refractivity contribution is 5.79. The monoisotopic (exact) mass is 670 g/mol. The van der Waals surface area contributed by atoms with Crippen molar-refractivity contribution in [2.24, 2.45) is 35.5 Å². The van der Waals surface area contributed by atoms with Gasteiger partial charge in [0.15, 0.2) is 0 Å². The van der Waals surface area contributed by atoms with Gasteiger partial charge in [0.05, 0.1) is 11.8 Å². The minimum atomic E-state index is -0.781. The van der Waals surface area contributed by atoms with Gasteiger partial charge in [-0.3, -0.25) is 24.0 Å². The van der Waals surface area contributed by atoms with E-state index in [1.54, 1.807) is 0 Å². The number of hydrogen-bond acceptors (Lipinski definition) is 5. The molecule has 0 aromatic carbocycles. The first-order chi connectivity index (χ1) is 22.0. The second-order valence-electron chi connectivity index (χ2n) is 14.7. The molecule has 0 spiro atoms. The highest BCUT2D eigenvalue weighted by Gasteiger charge is 2.21. The largest absolute Gasteiger partial charge is 0.481 e. The lowest BCUT2D eigenvalue weighted by molar-refractivity contribution is -0.144. The maximum Gasteiger partial charge on any atom is 0.306 e. The van der Waals surface area contributed by atoms with Crippen LogP contribution in [-0.4, -0.2) is 59.0 Å². The van der Waals surface area contributed by atoms with Gasteiger partial charge in [0, 0.05) is 38.4 Å². The quantitative estimate of drug-likeness (QED) is 0.0609. The SMILES string of the molecule is CC(C)CCCCC(=O)NC(C)CC(=O)NCCCC(C(=O)O)C(C)C.CC(C)CCCCC(=O)NCCCCC(C(=O)O)C(C)C. The van der Waals surface area contributed by atoms with Crippen molar-refractivity contribution in [2.45, 2.75) is 158 Å². The zero-order valence-corrected chi connectivity index (χ0v) is 31.3. The van der Waals surface area contributed by atoms with E-state index in [2.05, 4.69) is 43.6 Å². The van der Waals surface area contributed by atoms with Crippen molar-refractivity contribution in [3.63, 3.8) is 0 Å². The zero-order valence-electron chi connectivity index (χ0n) is 31.3. The number of aliphatic carboxylic acids is 2. The first-order valence-electron chi connectivity index (χ1n) is 18.3. The fourth-order valence-electron chi connectivity index (χ4n) is 5.26. The number of carboxylic acid groups (broad SMARTS) is 2. The first-order valence-corrected chi connectivity index (χ1v) is 18.3. The zero-order chi connectivity index (χ0) is 36.4. The Morgan fingerprint density at radius 3 is 1.34 bits per heavy atom. The van der Waals surface area contributed by atoms with Gasteiger partial charge in [-0.2, -0.15) is 0 Å². The van der Waals surface area contributed by atoms with Gasteiger partial charge in [-0.25, -0.2) is 0 Å². The van der Waals surface area contributed by atoms with Gasteiger partial charge in [-0.1, -0.05) is 87.5 Å². The van der Waals surface area contributed by atoms with E-state index < -0.39 is 11.9 Å². The minimum absolute atomic E-state index is 0.00436. The molecule has 0 bridgehead atoms. The highest BCUT2D eigenvalue weighted by atomic mass is 16.4. The average Bonchev–Trinajstić information content (AvgIpc) is 2.94. The molecule has 0 aliphatic rings. The second-order valence-corrected chi connectivity index (χ2v) is 14.7. The van der Waals surface area contributed by atoms with Crippen LogP contribution in [0.4, 0.5) is 0 Å². The van der Waals surface area contributed by atoms with Crippen LogP contribution in [0.25, 0.3) is 0 Å². The summed E-state index contributed by atoms with van der Waals surface area (Å²) in [6, 6.07) is -0.199. The lowest BCUT2D eigenvalue weighted by Gasteiger charge is -2.16. The third-order valence-corrected chi connectivity index (χ3v) is 8.29. The number of unbranched alkanes of at least 4 members (excludes halogenated alkanes) is 3. The van der Waals surface area contributed by atoms with E-state index in [4.69, 9.17) is 10.2 Å². The molecule has 0 aliphatic heterocycles. The van der Waals surface area contributed by atoms with E-state index in [9.17, 15) is 24.0 Å². The summed E-state index contributed by atoms with van der Waals surface area (Å²) in [5.74, 6) is -0.519. The van der Waals surface area contributed by atoms with Crippen LogP contribution >= 0.6 is 0 Å². The van der Waals surface area contributed by atoms with Gasteiger partial charge in [0.2, 0.25) is 17.7 Å². The Balaban J connectivity index is 0. The molecule has 0 heterocycles. The van der Waals surface area contributed by atoms with E-state index >= 15 is 0 Å². The molecule has 47 heavy (non-hydrogen) atoms. The number of nitrogens with one attached hydrogen (secondary N) is 3. The Hall–Kier alpha value is -2.65. The number of amides is 3. The Bertz CT molecular complexity index is 874. The molecular weight excluding hydrogens is 598 g/mol. The Morgan fingerprint density at radius 1 is 0.489 bits per heavy atom. The molecule has 276 valence electrons. The molecule has 3 atom stereocenters. The van der Waals surface area contributed by atoms with E-state index in [1.165, 1.54) is 6.42 Å². The minimum Gasteiger partial charge on any atom is -0.481 e. The van der Waals surface area contributed by atoms with Crippen molar-refractivity contribution in [1.29, 1.82) is 0 Å². The third kappa shape index (κ3) is 29.2. The van der Waals surface area contributed by atoms with Crippen molar-refractivity contribution in [3.8, 4) is 0 Å². The number of hydrogen-bond donors (Lipinski definition) is 5. The standard InChI is InChI=1S/C20H38N2O4.C17H33NO3/c1-14(2)9-6-7-11-18(23)22-16(5)13-19(24)21-12-8-10-17(15(3)4)20(25)26;1-13(2)9-5-6-11-16(19)18-12-8-7-10-15(14(3)4)17(20)21/h14-17H,6-13H2,1-5H3,(H,21,24)(H,22,23)(H,25,26);13-15H,5-12H2,1-4H3,(H,18,19)(H,20,21). The summed E-state index contributed by atoms with van der Waals surface area (Å²) in [5.41, 5.74) is 0. The topological polar surface area (TPSA) is 162 Å². The van der Waals surface area contributed by atoms with E-state index in [0.29, 0.717) is 57.0 Å². The third-order valence-electron chi connectivity index (χ3n) is 8.29. The fraction of sp³-hybridized carbons (Fsp3) is 0.865. The van der Waals surface area contributed by atoms with Crippen LogP contribution in [-0.2, 0) is 24.0 Å². The summed E-state index contributed by atoms with van der Waals surface area (Å²) in [6.07, 6.45) is 11.2. The van der Waals surface area contributed by atoms with Crippen molar-refractivity contribution in [2.75, 3.05) is 13.1 Å². The molecule has 0 aromatic heterocycles. The van der Waals surface area contributed by atoms with E-state index in [1.807, 2.05) is 34.6 Å². The van der Waals surface area contributed by atoms with Crippen LogP contribution in [0.1, 0.15) is 152 Å². The number of carbonyl (C=O) groups excluding carboxylic acids is 3. The van der Waals surface area contributed by atoms with Gasteiger partial charge in [-0.15, -0.1) is 0 Å². The van der Waals surface area contributed by atoms with Crippen LogP contribution in [0.3, 0.4) is 0 Å². The molecule has 0 saturated heterocycles. The molecular formula is C37H71N3O7. The van der Waals surface area contributed by atoms with Crippen LogP contribution in [0.2, 0.25) is 0 Å². The van der Waals surface area contributed by atoms with Gasteiger partial charge >= 0.3 is 11.9 Å². The van der Waals surface area contributed by atoms with E-state index in [0.717, 1.165) is 44.9 Å². The number of carboxylic acids is 2. The van der Waals surface area contributed by atoms with Gasteiger partial charge in [-0.05, 0) is 69.1 Å². The maximum atomic E-state index is 11.9. The molecule has 3 amide bonds. The average molecular weight is 670 g/mol. The maximum absolute atomic E-state index is 11.9. The molecule has 0 aliphatic carbocycles. The second kappa shape index (κ2) is 28.4. The molecule has 0 saturated carbocycles. The van der Waals surface area contributed by atoms with Crippen molar-refractivity contribution in [3.05, 3.63) is 0 Å². The summed E-state index contributed by atoms with van der Waals surface area (Å²) in [4.78, 5) is 57.5. The molecule has 3 unspecified atom stereocenters. The molecule has 0 fully saturated rings. The van der Waals surface area contributed by atoms with Crippen LogP contribution in [0.15, 0.2) is 0 Å². The summed E-state index contributed by atoms with van der Waals surface area (Å²) in [5, 5.41) is 26.8. The molecule has 0 aromatic rings. The lowest BCUT2D eigenvalue weighted by Crippen LogP contribution is -2.37. The molecule has 0 rings (SSSR count). The summed E-state index contributed by atoms with van der Waals surface area (Å²) < 4.78 is 0. The van der Waals surface area contributed by atoms with Gasteiger partial charge < -0.3 is 26.2 Å².